The third-order valence-electron chi connectivity index (χ3n) is 6.10. The van der Waals surface area contributed by atoms with Crippen molar-refractivity contribution in [3.8, 4) is 11.3 Å². The van der Waals surface area contributed by atoms with Gasteiger partial charge in [0.1, 0.15) is 5.82 Å². The lowest BCUT2D eigenvalue weighted by Gasteiger charge is -2.32. The van der Waals surface area contributed by atoms with E-state index in [1.165, 1.54) is 0 Å². The molecule has 1 N–H and O–H groups in total. The fourth-order valence-electron chi connectivity index (χ4n) is 4.28. The van der Waals surface area contributed by atoms with E-state index in [1.807, 2.05) is 49.4 Å². The molecular weight excluding hydrogens is 538 g/mol. The van der Waals surface area contributed by atoms with Gasteiger partial charge in [-0.15, -0.1) is 0 Å². The van der Waals surface area contributed by atoms with Crippen LogP contribution in [0.25, 0.3) is 16.9 Å². The predicted octanol–water partition coefficient (Wildman–Crippen LogP) is 5.39. The van der Waals surface area contributed by atoms with Gasteiger partial charge in [0.05, 0.1) is 21.3 Å². The molecule has 1 fully saturated rings. The molecule has 1 aliphatic heterocycles. The molecule has 0 bridgehead atoms. The smallest absolute Gasteiger partial charge is 0.243 e. The SMILES string of the molecule is Cc1ccccc1S(=O)(=O)N1CCC(Nc2cc(-c3ccccc3Cl)nc3c(Br)cnn23)CC1. The summed E-state index contributed by atoms with van der Waals surface area (Å²) in [7, 11) is -3.51. The number of hydrogen-bond acceptors (Lipinski definition) is 5. The first-order chi connectivity index (χ1) is 16.3. The van der Waals surface area contributed by atoms with Gasteiger partial charge in [-0.25, -0.2) is 13.4 Å². The van der Waals surface area contributed by atoms with Crippen LogP contribution in [-0.4, -0.2) is 46.5 Å². The summed E-state index contributed by atoms with van der Waals surface area (Å²) >= 11 is 9.96. The van der Waals surface area contributed by atoms with Crippen LogP contribution in [0.1, 0.15) is 18.4 Å². The van der Waals surface area contributed by atoms with Gasteiger partial charge in [-0.05, 0) is 53.4 Å². The number of hydrogen-bond donors (Lipinski definition) is 1. The Bertz CT molecular complexity index is 1470. The van der Waals surface area contributed by atoms with E-state index >= 15 is 0 Å². The van der Waals surface area contributed by atoms with Crippen LogP contribution in [-0.2, 0) is 10.0 Å². The van der Waals surface area contributed by atoms with Crippen LogP contribution in [0.15, 0.2) is 70.2 Å². The van der Waals surface area contributed by atoms with Gasteiger partial charge in [0.25, 0.3) is 0 Å². The lowest BCUT2D eigenvalue weighted by atomic mass is 10.1. The summed E-state index contributed by atoms with van der Waals surface area (Å²) in [6, 6.07) is 16.7. The predicted molar refractivity (Wildman–Crippen MR) is 138 cm³/mol. The molecule has 4 aromatic rings. The van der Waals surface area contributed by atoms with Gasteiger partial charge in [-0.1, -0.05) is 48.0 Å². The van der Waals surface area contributed by atoms with Crippen LogP contribution in [0.5, 0.6) is 0 Å². The summed E-state index contributed by atoms with van der Waals surface area (Å²) < 4.78 is 30.4. The third kappa shape index (κ3) is 4.33. The molecule has 0 unspecified atom stereocenters. The average molecular weight is 561 g/mol. The maximum absolute atomic E-state index is 13.1. The average Bonchev–Trinajstić information content (AvgIpc) is 3.21. The number of rotatable bonds is 5. The second-order valence-electron chi connectivity index (χ2n) is 8.32. The second kappa shape index (κ2) is 9.30. The molecule has 10 heteroatoms. The summed E-state index contributed by atoms with van der Waals surface area (Å²) in [5.74, 6) is 0.783. The summed E-state index contributed by atoms with van der Waals surface area (Å²) in [4.78, 5) is 5.13. The molecule has 0 radical (unpaired) electrons. The zero-order valence-electron chi connectivity index (χ0n) is 18.4. The molecule has 0 aliphatic carbocycles. The number of aromatic nitrogens is 3. The standard InChI is InChI=1S/C24H23BrClN5O2S/c1-16-6-2-5-9-22(16)34(32,33)30-12-10-17(11-13-30)28-23-14-21(18-7-3-4-8-20(18)26)29-24-19(25)15-27-31(23)24/h2-9,14-15,17,28H,10-13H2,1H3. The van der Waals surface area contributed by atoms with Gasteiger partial charge in [0.2, 0.25) is 10.0 Å². The molecule has 2 aromatic heterocycles. The molecule has 2 aromatic carbocycles. The lowest BCUT2D eigenvalue weighted by Crippen LogP contribution is -2.42. The lowest BCUT2D eigenvalue weighted by molar-refractivity contribution is 0.329. The maximum Gasteiger partial charge on any atom is 0.243 e. The van der Waals surface area contributed by atoms with Gasteiger partial charge >= 0.3 is 0 Å². The van der Waals surface area contributed by atoms with Crippen molar-refractivity contribution in [1.29, 1.82) is 0 Å². The van der Waals surface area contributed by atoms with Crippen LogP contribution in [0.3, 0.4) is 0 Å². The van der Waals surface area contributed by atoms with Gasteiger partial charge in [0, 0.05) is 35.8 Å². The largest absolute Gasteiger partial charge is 0.367 e. The molecule has 0 atom stereocenters. The number of fused-ring (bicyclic) bond motifs is 1. The van der Waals surface area contributed by atoms with E-state index in [-0.39, 0.29) is 6.04 Å². The normalized spacial score (nSPS) is 15.6. The van der Waals surface area contributed by atoms with Crippen LogP contribution < -0.4 is 5.32 Å². The van der Waals surface area contributed by atoms with Gasteiger partial charge < -0.3 is 5.32 Å². The Morgan fingerprint density at radius 3 is 2.53 bits per heavy atom. The highest BCUT2D eigenvalue weighted by Gasteiger charge is 2.30. The Labute approximate surface area is 211 Å². The quantitative estimate of drug-likeness (QED) is 0.354. The number of halogens is 2. The van der Waals surface area contributed by atoms with E-state index in [4.69, 9.17) is 16.6 Å². The van der Waals surface area contributed by atoms with Crippen molar-refractivity contribution in [3.05, 3.63) is 75.9 Å². The molecule has 7 nitrogen and oxygen atoms in total. The number of benzene rings is 2. The highest BCUT2D eigenvalue weighted by molar-refractivity contribution is 9.10. The summed E-state index contributed by atoms with van der Waals surface area (Å²) in [5.41, 5.74) is 3.01. The Kier molecular flexibility index (Phi) is 6.37. The van der Waals surface area contributed by atoms with Gasteiger partial charge in [-0.3, -0.25) is 0 Å². The van der Waals surface area contributed by atoms with E-state index in [2.05, 4.69) is 26.3 Å². The molecule has 176 valence electrons. The van der Waals surface area contributed by atoms with Crippen LogP contribution >= 0.6 is 27.5 Å². The van der Waals surface area contributed by atoms with Crippen LogP contribution in [0.4, 0.5) is 5.82 Å². The number of nitrogens with zero attached hydrogens (tertiary/aromatic N) is 4. The van der Waals surface area contributed by atoms with E-state index in [9.17, 15) is 8.42 Å². The van der Waals surface area contributed by atoms with E-state index < -0.39 is 10.0 Å². The van der Waals surface area contributed by atoms with E-state index in [0.717, 1.165) is 27.1 Å². The first-order valence-corrected chi connectivity index (χ1v) is 13.6. The van der Waals surface area contributed by atoms with Crippen molar-refractivity contribution in [1.82, 2.24) is 18.9 Å². The van der Waals surface area contributed by atoms with Crippen LogP contribution in [0, 0.1) is 6.92 Å². The molecule has 0 amide bonds. The van der Waals surface area contributed by atoms with Crippen molar-refractivity contribution >= 4 is 49.0 Å². The molecule has 34 heavy (non-hydrogen) atoms. The number of aryl methyl sites for hydroxylation is 1. The van der Waals surface area contributed by atoms with Crippen molar-refractivity contribution < 1.29 is 8.42 Å². The monoisotopic (exact) mass is 559 g/mol. The molecule has 5 rings (SSSR count). The minimum atomic E-state index is -3.51. The number of piperidine rings is 1. The van der Waals surface area contributed by atoms with E-state index in [1.54, 1.807) is 27.2 Å². The van der Waals surface area contributed by atoms with Crippen molar-refractivity contribution in [2.24, 2.45) is 0 Å². The highest BCUT2D eigenvalue weighted by atomic mass is 79.9. The van der Waals surface area contributed by atoms with Gasteiger partial charge in [-0.2, -0.15) is 13.9 Å². The Morgan fingerprint density at radius 1 is 1.09 bits per heavy atom. The third-order valence-corrected chi connectivity index (χ3v) is 9.04. The molecule has 1 saturated heterocycles. The molecule has 1 aliphatic rings. The molecule has 3 heterocycles. The second-order valence-corrected chi connectivity index (χ2v) is 11.5. The fourth-order valence-corrected chi connectivity index (χ4v) is 6.56. The first-order valence-electron chi connectivity index (χ1n) is 11.0. The minimum absolute atomic E-state index is 0.0935. The number of nitrogens with one attached hydrogen (secondary N) is 1. The van der Waals surface area contributed by atoms with Crippen molar-refractivity contribution in [3.63, 3.8) is 0 Å². The Hall–Kier alpha value is -2.46. The zero-order chi connectivity index (χ0) is 23.9. The van der Waals surface area contributed by atoms with Gasteiger partial charge in [0.15, 0.2) is 5.65 Å². The molecular formula is C24H23BrClN5O2S. The first kappa shape index (κ1) is 23.3. The summed E-state index contributed by atoms with van der Waals surface area (Å²) in [5, 5.41) is 8.64. The van der Waals surface area contributed by atoms with Crippen molar-refractivity contribution in [2.75, 3.05) is 18.4 Å². The number of anilines is 1. The number of sulfonamides is 1. The highest BCUT2D eigenvalue weighted by Crippen LogP contribution is 2.31. The Balaban J connectivity index is 1.39. The molecule has 0 saturated carbocycles. The van der Waals surface area contributed by atoms with E-state index in [0.29, 0.717) is 41.5 Å². The minimum Gasteiger partial charge on any atom is -0.367 e. The molecule has 0 spiro atoms. The summed E-state index contributed by atoms with van der Waals surface area (Å²) in [6.45, 7) is 2.72. The topological polar surface area (TPSA) is 79.6 Å². The Morgan fingerprint density at radius 2 is 1.79 bits per heavy atom. The fraction of sp³-hybridized carbons (Fsp3) is 0.250. The summed E-state index contributed by atoms with van der Waals surface area (Å²) in [6.07, 6.45) is 3.07. The maximum atomic E-state index is 13.1. The van der Waals surface area contributed by atoms with Crippen LogP contribution in [0.2, 0.25) is 5.02 Å². The zero-order valence-corrected chi connectivity index (χ0v) is 21.6. The van der Waals surface area contributed by atoms with Crippen molar-refractivity contribution in [2.45, 2.75) is 30.7 Å².